The molecule has 3 heterocycles. The average Bonchev–Trinajstić information content (AvgIpc) is 3.06. The lowest BCUT2D eigenvalue weighted by Gasteiger charge is -2.15. The summed E-state index contributed by atoms with van der Waals surface area (Å²) < 4.78 is 14.8. The van der Waals surface area contributed by atoms with Gasteiger partial charge in [0.1, 0.15) is 23.5 Å². The van der Waals surface area contributed by atoms with Gasteiger partial charge in [0.25, 0.3) is 0 Å². The van der Waals surface area contributed by atoms with Crippen molar-refractivity contribution >= 4 is 17.0 Å². The molecule has 0 aliphatic rings. The Balaban J connectivity index is 1.62. The van der Waals surface area contributed by atoms with E-state index in [1.165, 1.54) is 12.1 Å². The maximum absolute atomic E-state index is 13.1. The largest absolute Gasteiger partial charge is 0.362 e. The second kappa shape index (κ2) is 6.27. The molecule has 1 N–H and O–H groups in total. The van der Waals surface area contributed by atoms with E-state index in [4.69, 9.17) is 0 Å². The van der Waals surface area contributed by atoms with Crippen molar-refractivity contribution in [2.75, 3.05) is 5.32 Å². The Morgan fingerprint density at radius 3 is 2.76 bits per heavy atom. The number of hydrogen-bond acceptors (Lipinski definition) is 5. The Bertz CT molecular complexity index is 1010. The van der Waals surface area contributed by atoms with E-state index in [1.54, 1.807) is 41.6 Å². The van der Waals surface area contributed by atoms with Gasteiger partial charge in [0, 0.05) is 12.2 Å². The zero-order valence-electron chi connectivity index (χ0n) is 13.5. The first-order valence-corrected chi connectivity index (χ1v) is 7.83. The van der Waals surface area contributed by atoms with Crippen LogP contribution in [0.3, 0.4) is 0 Å². The Morgan fingerprint density at radius 1 is 1.08 bits per heavy atom. The van der Waals surface area contributed by atoms with Gasteiger partial charge in [0.2, 0.25) is 0 Å². The molecule has 0 fully saturated rings. The van der Waals surface area contributed by atoms with Crippen molar-refractivity contribution in [1.82, 2.24) is 24.5 Å². The first-order valence-electron chi connectivity index (χ1n) is 7.83. The first-order chi connectivity index (χ1) is 12.2. The number of halogens is 1. The number of anilines is 1. The molecule has 6 nitrogen and oxygen atoms in total. The molecule has 0 saturated heterocycles. The summed E-state index contributed by atoms with van der Waals surface area (Å²) in [5, 5.41) is 3.28. The molecule has 0 bridgehead atoms. The van der Waals surface area contributed by atoms with E-state index in [0.29, 0.717) is 11.6 Å². The zero-order chi connectivity index (χ0) is 17.2. The van der Waals surface area contributed by atoms with Crippen LogP contribution in [0, 0.1) is 5.82 Å². The van der Waals surface area contributed by atoms with Crippen LogP contribution >= 0.6 is 0 Å². The second-order valence-electron chi connectivity index (χ2n) is 5.64. The summed E-state index contributed by atoms with van der Waals surface area (Å²) in [5.41, 5.74) is 2.48. The van der Waals surface area contributed by atoms with Gasteiger partial charge in [-0.2, -0.15) is 0 Å². The van der Waals surface area contributed by atoms with Crippen LogP contribution in [0.25, 0.3) is 17.0 Å². The second-order valence-corrected chi connectivity index (χ2v) is 5.64. The molecule has 0 spiro atoms. The topological polar surface area (TPSA) is 68.5 Å². The lowest BCUT2D eigenvalue weighted by Crippen LogP contribution is -2.09. The van der Waals surface area contributed by atoms with Crippen LogP contribution in [0.2, 0.25) is 0 Å². The van der Waals surface area contributed by atoms with Crippen LogP contribution in [0.1, 0.15) is 18.5 Å². The fourth-order valence-corrected chi connectivity index (χ4v) is 2.62. The highest BCUT2D eigenvalue weighted by Gasteiger charge is 2.10. The molecule has 4 aromatic rings. The molecule has 0 amide bonds. The van der Waals surface area contributed by atoms with E-state index < -0.39 is 0 Å². The standard InChI is InChI=1S/C18H15FN6/c1-12(13-4-6-14(19)7-5-13)23-16-9-20-10-17(24-16)25-11-22-15-3-2-8-21-18(15)25/h2-12H,1H3,(H,23,24)/t12-/m0/s1. The summed E-state index contributed by atoms with van der Waals surface area (Å²) in [7, 11) is 0. The van der Waals surface area contributed by atoms with Crippen LogP contribution in [-0.2, 0) is 0 Å². The number of rotatable bonds is 4. The first kappa shape index (κ1) is 15.2. The number of benzene rings is 1. The Kier molecular flexibility index (Phi) is 3.81. The smallest absolute Gasteiger partial charge is 0.165 e. The highest BCUT2D eigenvalue weighted by Crippen LogP contribution is 2.19. The number of nitrogens with one attached hydrogen (secondary N) is 1. The van der Waals surface area contributed by atoms with Gasteiger partial charge < -0.3 is 5.32 Å². The van der Waals surface area contributed by atoms with E-state index >= 15 is 0 Å². The van der Waals surface area contributed by atoms with E-state index in [0.717, 1.165) is 16.7 Å². The van der Waals surface area contributed by atoms with Crippen LogP contribution in [-0.4, -0.2) is 24.5 Å². The predicted molar refractivity (Wildman–Crippen MR) is 92.9 cm³/mol. The third-order valence-electron chi connectivity index (χ3n) is 3.91. The van der Waals surface area contributed by atoms with Crippen molar-refractivity contribution in [3.8, 4) is 5.82 Å². The summed E-state index contributed by atoms with van der Waals surface area (Å²) in [5.74, 6) is 0.988. The lowest BCUT2D eigenvalue weighted by molar-refractivity contribution is 0.626. The summed E-state index contributed by atoms with van der Waals surface area (Å²) in [6, 6.07) is 10.1. The highest BCUT2D eigenvalue weighted by molar-refractivity contribution is 5.72. The quantitative estimate of drug-likeness (QED) is 0.618. The lowest BCUT2D eigenvalue weighted by atomic mass is 10.1. The number of imidazole rings is 1. The molecule has 0 aliphatic heterocycles. The molecule has 25 heavy (non-hydrogen) atoms. The normalized spacial score (nSPS) is 12.2. The van der Waals surface area contributed by atoms with Crippen molar-refractivity contribution in [2.45, 2.75) is 13.0 Å². The molecular formula is C18H15FN6. The Morgan fingerprint density at radius 2 is 1.92 bits per heavy atom. The van der Waals surface area contributed by atoms with Crippen LogP contribution in [0.4, 0.5) is 10.2 Å². The van der Waals surface area contributed by atoms with Gasteiger partial charge in [-0.15, -0.1) is 0 Å². The molecule has 1 atom stereocenters. The van der Waals surface area contributed by atoms with Gasteiger partial charge in [-0.1, -0.05) is 12.1 Å². The van der Waals surface area contributed by atoms with Gasteiger partial charge in [-0.25, -0.2) is 19.3 Å². The van der Waals surface area contributed by atoms with E-state index in [2.05, 4.69) is 25.3 Å². The van der Waals surface area contributed by atoms with Crippen molar-refractivity contribution in [3.63, 3.8) is 0 Å². The fourth-order valence-electron chi connectivity index (χ4n) is 2.62. The molecule has 0 radical (unpaired) electrons. The number of nitrogens with zero attached hydrogens (tertiary/aromatic N) is 5. The molecule has 1 aromatic carbocycles. The number of fused-ring (bicyclic) bond motifs is 1. The van der Waals surface area contributed by atoms with Crippen LogP contribution in [0.15, 0.2) is 61.3 Å². The summed E-state index contributed by atoms with van der Waals surface area (Å²) in [4.78, 5) is 17.5. The fraction of sp³-hybridized carbons (Fsp3) is 0.111. The molecule has 0 unspecified atom stereocenters. The third-order valence-corrected chi connectivity index (χ3v) is 3.91. The van der Waals surface area contributed by atoms with Gasteiger partial charge in [0.05, 0.1) is 12.4 Å². The monoisotopic (exact) mass is 334 g/mol. The SMILES string of the molecule is C[C@H](Nc1cncc(-n2cnc3cccnc32)n1)c1ccc(F)cc1. The summed E-state index contributed by atoms with van der Waals surface area (Å²) in [6.45, 7) is 1.98. The maximum atomic E-state index is 13.1. The number of hydrogen-bond donors (Lipinski definition) is 1. The summed E-state index contributed by atoms with van der Waals surface area (Å²) >= 11 is 0. The van der Waals surface area contributed by atoms with Crippen molar-refractivity contribution < 1.29 is 4.39 Å². The highest BCUT2D eigenvalue weighted by atomic mass is 19.1. The maximum Gasteiger partial charge on any atom is 0.165 e. The van der Waals surface area contributed by atoms with Gasteiger partial charge in [-0.05, 0) is 36.8 Å². The molecule has 0 aliphatic carbocycles. The van der Waals surface area contributed by atoms with Crippen molar-refractivity contribution in [2.24, 2.45) is 0 Å². The molecule has 0 saturated carbocycles. The van der Waals surface area contributed by atoms with E-state index in [1.807, 2.05) is 19.1 Å². The average molecular weight is 334 g/mol. The van der Waals surface area contributed by atoms with E-state index in [-0.39, 0.29) is 11.9 Å². The summed E-state index contributed by atoms with van der Waals surface area (Å²) in [6.07, 6.45) is 6.70. The van der Waals surface area contributed by atoms with Crippen LogP contribution in [0.5, 0.6) is 0 Å². The molecule has 3 aromatic heterocycles. The molecular weight excluding hydrogens is 319 g/mol. The van der Waals surface area contributed by atoms with Gasteiger partial charge in [-0.3, -0.25) is 9.55 Å². The zero-order valence-corrected chi connectivity index (χ0v) is 13.5. The number of pyridine rings is 1. The minimum absolute atomic E-state index is 0.0391. The molecule has 4 rings (SSSR count). The van der Waals surface area contributed by atoms with Crippen LogP contribution < -0.4 is 5.32 Å². The minimum atomic E-state index is -0.253. The Hall–Kier alpha value is -3.35. The Labute approximate surface area is 143 Å². The number of aromatic nitrogens is 5. The third kappa shape index (κ3) is 3.03. The van der Waals surface area contributed by atoms with Crippen molar-refractivity contribution in [1.29, 1.82) is 0 Å². The predicted octanol–water partition coefficient (Wildman–Crippen LogP) is 3.52. The molecule has 124 valence electrons. The molecule has 7 heteroatoms. The van der Waals surface area contributed by atoms with Crippen molar-refractivity contribution in [3.05, 3.63) is 72.7 Å². The minimum Gasteiger partial charge on any atom is -0.362 e. The van der Waals surface area contributed by atoms with E-state index in [9.17, 15) is 4.39 Å². The van der Waals surface area contributed by atoms with Gasteiger partial charge >= 0.3 is 0 Å². The van der Waals surface area contributed by atoms with Gasteiger partial charge in [0.15, 0.2) is 11.5 Å².